The van der Waals surface area contributed by atoms with Crippen LogP contribution in [0.2, 0.25) is 0 Å². The molecule has 104 valence electrons. The highest BCUT2D eigenvalue weighted by Gasteiger charge is 2.15. The zero-order chi connectivity index (χ0) is 13.7. The summed E-state index contributed by atoms with van der Waals surface area (Å²) in [5, 5.41) is 6.75. The van der Waals surface area contributed by atoms with Gasteiger partial charge in [0.2, 0.25) is 0 Å². The number of esters is 1. The largest absolute Gasteiger partial charge is 0.465 e. The molecule has 0 bridgehead atoms. The van der Waals surface area contributed by atoms with Gasteiger partial charge in [0.1, 0.15) is 0 Å². The molecule has 4 nitrogen and oxygen atoms in total. The number of hydrogen-bond donors (Lipinski definition) is 2. The van der Waals surface area contributed by atoms with E-state index in [9.17, 15) is 4.79 Å². The van der Waals surface area contributed by atoms with Crippen LogP contribution in [0.4, 0.5) is 5.69 Å². The quantitative estimate of drug-likeness (QED) is 0.817. The van der Waals surface area contributed by atoms with E-state index in [1.165, 1.54) is 20.0 Å². The molecule has 2 N–H and O–H groups in total. The van der Waals surface area contributed by atoms with Gasteiger partial charge >= 0.3 is 5.97 Å². The predicted molar refractivity (Wildman–Crippen MR) is 76.6 cm³/mol. The Kier molecular flexibility index (Phi) is 4.80. The molecule has 0 unspecified atom stereocenters. The number of nitrogens with one attached hydrogen (secondary N) is 2. The third kappa shape index (κ3) is 3.70. The molecule has 1 fully saturated rings. The van der Waals surface area contributed by atoms with Crippen molar-refractivity contribution in [2.45, 2.75) is 19.8 Å². The number of carbonyl (C=O) groups is 1. The summed E-state index contributed by atoms with van der Waals surface area (Å²) in [4.78, 5) is 11.8. The van der Waals surface area contributed by atoms with Gasteiger partial charge in [-0.3, -0.25) is 0 Å². The number of anilines is 1. The van der Waals surface area contributed by atoms with Gasteiger partial charge in [0.05, 0.1) is 12.7 Å². The van der Waals surface area contributed by atoms with E-state index in [0.717, 1.165) is 30.9 Å². The van der Waals surface area contributed by atoms with Gasteiger partial charge in [-0.15, -0.1) is 0 Å². The number of piperidine rings is 1. The lowest BCUT2D eigenvalue weighted by Gasteiger charge is -2.23. The number of ether oxygens (including phenoxy) is 1. The van der Waals surface area contributed by atoms with Crippen molar-refractivity contribution in [1.82, 2.24) is 5.32 Å². The average molecular weight is 262 g/mol. The molecule has 1 heterocycles. The maximum atomic E-state index is 11.8. The molecule has 0 aromatic heterocycles. The minimum Gasteiger partial charge on any atom is -0.465 e. The molecule has 0 spiro atoms. The molecule has 0 aliphatic carbocycles. The molecule has 19 heavy (non-hydrogen) atoms. The van der Waals surface area contributed by atoms with Crippen molar-refractivity contribution in [3.8, 4) is 0 Å². The maximum absolute atomic E-state index is 11.8. The Balaban J connectivity index is 2.04. The van der Waals surface area contributed by atoms with Crippen molar-refractivity contribution in [3.63, 3.8) is 0 Å². The lowest BCUT2D eigenvalue weighted by atomic mass is 9.98. The van der Waals surface area contributed by atoms with E-state index >= 15 is 0 Å². The zero-order valence-electron chi connectivity index (χ0n) is 11.7. The summed E-state index contributed by atoms with van der Waals surface area (Å²) in [7, 11) is 1.42. The highest BCUT2D eigenvalue weighted by molar-refractivity contribution is 5.95. The Morgan fingerprint density at radius 1 is 1.42 bits per heavy atom. The number of hydrogen-bond acceptors (Lipinski definition) is 4. The van der Waals surface area contributed by atoms with Gasteiger partial charge < -0.3 is 15.4 Å². The number of rotatable bonds is 4. The van der Waals surface area contributed by atoms with Crippen LogP contribution in [0.3, 0.4) is 0 Å². The third-order valence-electron chi connectivity index (χ3n) is 3.62. The van der Waals surface area contributed by atoms with Crippen LogP contribution in [0.15, 0.2) is 18.2 Å². The van der Waals surface area contributed by atoms with Crippen molar-refractivity contribution < 1.29 is 9.53 Å². The van der Waals surface area contributed by atoms with Crippen LogP contribution in [0.5, 0.6) is 0 Å². The molecular weight excluding hydrogens is 240 g/mol. The lowest BCUT2D eigenvalue weighted by Crippen LogP contribution is -2.31. The Labute approximate surface area is 114 Å². The van der Waals surface area contributed by atoms with Gasteiger partial charge in [0.15, 0.2) is 0 Å². The maximum Gasteiger partial charge on any atom is 0.339 e. The monoisotopic (exact) mass is 262 g/mol. The first-order chi connectivity index (χ1) is 9.20. The van der Waals surface area contributed by atoms with Gasteiger partial charge in [-0.25, -0.2) is 4.79 Å². The summed E-state index contributed by atoms with van der Waals surface area (Å²) in [6.45, 7) is 5.06. The van der Waals surface area contributed by atoms with Crippen molar-refractivity contribution in [3.05, 3.63) is 29.3 Å². The van der Waals surface area contributed by atoms with E-state index in [2.05, 4.69) is 10.6 Å². The summed E-state index contributed by atoms with van der Waals surface area (Å²) < 4.78 is 4.83. The minimum absolute atomic E-state index is 0.281. The molecule has 1 aliphatic heterocycles. The van der Waals surface area contributed by atoms with Crippen LogP contribution in [-0.4, -0.2) is 32.7 Å². The smallest absolute Gasteiger partial charge is 0.339 e. The second-order valence-electron chi connectivity index (χ2n) is 5.11. The molecule has 0 radical (unpaired) electrons. The second-order valence-corrected chi connectivity index (χ2v) is 5.11. The molecule has 1 aromatic rings. The van der Waals surface area contributed by atoms with Crippen molar-refractivity contribution >= 4 is 11.7 Å². The van der Waals surface area contributed by atoms with Crippen molar-refractivity contribution in [1.29, 1.82) is 0 Å². The van der Waals surface area contributed by atoms with E-state index in [1.54, 1.807) is 0 Å². The number of carbonyl (C=O) groups excluding carboxylic acids is 1. The fourth-order valence-corrected chi connectivity index (χ4v) is 2.43. The molecule has 1 aliphatic rings. The Morgan fingerprint density at radius 2 is 2.16 bits per heavy atom. The van der Waals surface area contributed by atoms with Crippen LogP contribution >= 0.6 is 0 Å². The number of aryl methyl sites for hydroxylation is 1. The Hall–Kier alpha value is -1.55. The zero-order valence-corrected chi connectivity index (χ0v) is 11.7. The SMILES string of the molecule is COC(=O)c1cc(C)ccc1NCC1CCNCC1. The molecular formula is C15H22N2O2. The fraction of sp³-hybridized carbons (Fsp3) is 0.533. The second kappa shape index (κ2) is 6.57. The van der Waals surface area contributed by atoms with E-state index in [-0.39, 0.29) is 5.97 Å². The number of benzene rings is 1. The topological polar surface area (TPSA) is 50.4 Å². The highest BCUT2D eigenvalue weighted by atomic mass is 16.5. The van der Waals surface area contributed by atoms with Crippen LogP contribution < -0.4 is 10.6 Å². The Morgan fingerprint density at radius 3 is 2.84 bits per heavy atom. The molecule has 1 aromatic carbocycles. The Bertz CT molecular complexity index is 440. The summed E-state index contributed by atoms with van der Waals surface area (Å²) in [6, 6.07) is 5.84. The van der Waals surface area contributed by atoms with Crippen LogP contribution in [-0.2, 0) is 4.74 Å². The summed E-state index contributed by atoms with van der Waals surface area (Å²) in [5.41, 5.74) is 2.56. The fourth-order valence-electron chi connectivity index (χ4n) is 2.43. The molecule has 0 atom stereocenters. The average Bonchev–Trinajstić information content (AvgIpc) is 2.46. The molecule has 0 amide bonds. The highest BCUT2D eigenvalue weighted by Crippen LogP contribution is 2.20. The summed E-state index contributed by atoms with van der Waals surface area (Å²) in [6.07, 6.45) is 2.37. The van der Waals surface area contributed by atoms with Gasteiger partial charge in [-0.2, -0.15) is 0 Å². The molecule has 4 heteroatoms. The normalized spacial score (nSPS) is 16.1. The van der Waals surface area contributed by atoms with E-state index in [1.807, 2.05) is 25.1 Å². The van der Waals surface area contributed by atoms with Crippen LogP contribution in [0.1, 0.15) is 28.8 Å². The van der Waals surface area contributed by atoms with Gasteiger partial charge in [0, 0.05) is 12.2 Å². The van der Waals surface area contributed by atoms with Gasteiger partial charge in [-0.1, -0.05) is 11.6 Å². The molecule has 2 rings (SSSR count). The van der Waals surface area contributed by atoms with Crippen molar-refractivity contribution in [2.24, 2.45) is 5.92 Å². The van der Waals surface area contributed by atoms with Crippen molar-refractivity contribution in [2.75, 3.05) is 32.1 Å². The van der Waals surface area contributed by atoms with Crippen LogP contribution in [0, 0.1) is 12.8 Å². The lowest BCUT2D eigenvalue weighted by molar-refractivity contribution is 0.0601. The van der Waals surface area contributed by atoms with E-state index in [4.69, 9.17) is 4.74 Å². The standard InChI is InChI=1S/C15H22N2O2/c1-11-3-4-14(13(9-11)15(18)19-2)17-10-12-5-7-16-8-6-12/h3-4,9,12,16-17H,5-8,10H2,1-2H3. The van der Waals surface area contributed by atoms with Crippen LogP contribution in [0.25, 0.3) is 0 Å². The summed E-state index contributed by atoms with van der Waals surface area (Å²) >= 11 is 0. The summed E-state index contributed by atoms with van der Waals surface area (Å²) in [5.74, 6) is 0.393. The third-order valence-corrected chi connectivity index (χ3v) is 3.62. The van der Waals surface area contributed by atoms with Gasteiger partial charge in [-0.05, 0) is 50.9 Å². The first-order valence-corrected chi connectivity index (χ1v) is 6.84. The van der Waals surface area contributed by atoms with E-state index in [0.29, 0.717) is 11.5 Å². The minimum atomic E-state index is -0.281. The number of methoxy groups -OCH3 is 1. The predicted octanol–water partition coefficient (Wildman–Crippen LogP) is 2.19. The molecule has 0 saturated carbocycles. The van der Waals surface area contributed by atoms with E-state index < -0.39 is 0 Å². The molecule has 1 saturated heterocycles. The van der Waals surface area contributed by atoms with Gasteiger partial charge in [0.25, 0.3) is 0 Å². The first kappa shape index (κ1) is 13.9. The first-order valence-electron chi connectivity index (χ1n) is 6.84.